The van der Waals surface area contributed by atoms with E-state index in [1.54, 1.807) is 43.0 Å². The molecule has 0 aromatic heterocycles. The summed E-state index contributed by atoms with van der Waals surface area (Å²) in [5.74, 6) is -0.545. The summed E-state index contributed by atoms with van der Waals surface area (Å²) < 4.78 is 19.2. The van der Waals surface area contributed by atoms with Crippen LogP contribution < -0.4 is 5.32 Å². The fourth-order valence-corrected chi connectivity index (χ4v) is 3.93. The predicted octanol–water partition coefficient (Wildman–Crippen LogP) is 2.48. The predicted molar refractivity (Wildman–Crippen MR) is 96.4 cm³/mol. The van der Waals surface area contributed by atoms with Gasteiger partial charge in [0.1, 0.15) is 5.82 Å². The smallest absolute Gasteiger partial charge is 0.321 e. The summed E-state index contributed by atoms with van der Waals surface area (Å²) in [5.41, 5.74) is 0.707. The van der Waals surface area contributed by atoms with Gasteiger partial charge < -0.3 is 19.9 Å². The van der Waals surface area contributed by atoms with Crippen molar-refractivity contribution < 1.29 is 18.7 Å². The molecule has 3 amide bonds. The Morgan fingerprint density at radius 3 is 2.62 bits per heavy atom. The van der Waals surface area contributed by atoms with Gasteiger partial charge in [-0.3, -0.25) is 4.79 Å². The van der Waals surface area contributed by atoms with Crippen molar-refractivity contribution >= 4 is 17.6 Å². The highest BCUT2D eigenvalue weighted by molar-refractivity contribution is 5.90. The van der Waals surface area contributed by atoms with Crippen molar-refractivity contribution in [2.24, 2.45) is 11.3 Å². The van der Waals surface area contributed by atoms with Gasteiger partial charge in [0, 0.05) is 51.5 Å². The first-order valence-corrected chi connectivity index (χ1v) is 8.93. The molecule has 1 atom stereocenters. The van der Waals surface area contributed by atoms with Gasteiger partial charge in [0.15, 0.2) is 0 Å². The summed E-state index contributed by atoms with van der Waals surface area (Å²) in [6.45, 7) is 3.78. The lowest BCUT2D eigenvalue weighted by Crippen LogP contribution is -2.44. The van der Waals surface area contributed by atoms with Crippen molar-refractivity contribution in [1.29, 1.82) is 0 Å². The third-order valence-electron chi connectivity index (χ3n) is 5.59. The first-order chi connectivity index (χ1) is 12.3. The van der Waals surface area contributed by atoms with Gasteiger partial charge in [0.25, 0.3) is 0 Å². The third kappa shape index (κ3) is 3.53. The van der Waals surface area contributed by atoms with Crippen LogP contribution in [0.5, 0.6) is 0 Å². The lowest BCUT2D eigenvalue weighted by molar-refractivity contribution is -0.138. The van der Waals surface area contributed by atoms with Crippen LogP contribution in [-0.4, -0.2) is 62.1 Å². The average molecular weight is 363 g/mol. The van der Waals surface area contributed by atoms with Crippen molar-refractivity contribution in [1.82, 2.24) is 9.80 Å². The van der Waals surface area contributed by atoms with Crippen molar-refractivity contribution in [3.63, 3.8) is 0 Å². The summed E-state index contributed by atoms with van der Waals surface area (Å²) >= 11 is 0. The molecule has 0 radical (unpaired) electrons. The van der Waals surface area contributed by atoms with Crippen LogP contribution in [0.15, 0.2) is 18.2 Å². The van der Waals surface area contributed by atoms with Crippen LogP contribution in [0.1, 0.15) is 18.4 Å². The van der Waals surface area contributed by atoms with Crippen LogP contribution in [0.4, 0.5) is 14.9 Å². The number of hydrogen-bond donors (Lipinski definition) is 1. The SMILES string of the molecule is Cc1ccc(NC(=O)N2CC(C(=O)N(C)C)C3(CCOCC3)C2)cc1F. The molecule has 1 unspecified atom stereocenters. The minimum atomic E-state index is -0.356. The zero-order valence-corrected chi connectivity index (χ0v) is 15.5. The number of aryl methyl sites for hydroxylation is 1. The van der Waals surface area contributed by atoms with E-state index in [9.17, 15) is 14.0 Å². The zero-order valence-electron chi connectivity index (χ0n) is 15.5. The molecule has 7 heteroatoms. The number of nitrogens with one attached hydrogen (secondary N) is 1. The van der Waals surface area contributed by atoms with Gasteiger partial charge in [0.05, 0.1) is 5.92 Å². The number of benzene rings is 1. The fraction of sp³-hybridized carbons (Fsp3) is 0.579. The second-order valence-corrected chi connectivity index (χ2v) is 7.53. The van der Waals surface area contributed by atoms with Crippen LogP contribution in [0, 0.1) is 24.1 Å². The van der Waals surface area contributed by atoms with E-state index in [4.69, 9.17) is 4.74 Å². The highest BCUT2D eigenvalue weighted by Gasteiger charge is 2.52. The number of likely N-dealkylation sites (tertiary alicyclic amines) is 1. The molecule has 2 aliphatic rings. The maximum atomic E-state index is 13.7. The van der Waals surface area contributed by atoms with Crippen molar-refractivity contribution in [2.75, 3.05) is 45.7 Å². The van der Waals surface area contributed by atoms with Crippen LogP contribution in [0.3, 0.4) is 0 Å². The molecule has 26 heavy (non-hydrogen) atoms. The molecule has 2 aliphatic heterocycles. The third-order valence-corrected chi connectivity index (χ3v) is 5.59. The standard InChI is InChI=1S/C19H26FN3O3/c1-13-4-5-14(10-16(13)20)21-18(25)23-11-15(17(24)22(2)3)19(12-23)6-8-26-9-7-19/h4-5,10,15H,6-9,11-12H2,1-3H3,(H,21,25). The van der Waals surface area contributed by atoms with E-state index in [1.807, 2.05) is 0 Å². The molecule has 142 valence electrons. The summed E-state index contributed by atoms with van der Waals surface area (Å²) in [6.07, 6.45) is 1.53. The van der Waals surface area contributed by atoms with E-state index in [1.165, 1.54) is 6.07 Å². The highest BCUT2D eigenvalue weighted by atomic mass is 19.1. The molecule has 0 aliphatic carbocycles. The largest absolute Gasteiger partial charge is 0.381 e. The van der Waals surface area contributed by atoms with E-state index in [0.29, 0.717) is 37.6 Å². The number of carbonyl (C=O) groups is 2. The number of carbonyl (C=O) groups excluding carboxylic acids is 2. The molecule has 1 aromatic carbocycles. The number of urea groups is 1. The molecule has 0 bridgehead atoms. The van der Waals surface area contributed by atoms with Crippen LogP contribution in [0.25, 0.3) is 0 Å². The summed E-state index contributed by atoms with van der Waals surface area (Å²) in [6, 6.07) is 4.33. The van der Waals surface area contributed by atoms with Gasteiger partial charge in [-0.2, -0.15) is 0 Å². The molecule has 3 rings (SSSR count). The van der Waals surface area contributed by atoms with E-state index in [0.717, 1.165) is 12.8 Å². The number of rotatable bonds is 2. The van der Waals surface area contributed by atoms with Crippen molar-refractivity contribution in [3.8, 4) is 0 Å². The highest BCUT2D eigenvalue weighted by Crippen LogP contribution is 2.45. The Bertz CT molecular complexity index is 701. The molecule has 1 aromatic rings. The maximum absolute atomic E-state index is 13.7. The Labute approximate surface area is 153 Å². The second kappa shape index (κ2) is 7.23. The molecule has 2 fully saturated rings. The minimum Gasteiger partial charge on any atom is -0.381 e. The van der Waals surface area contributed by atoms with Gasteiger partial charge >= 0.3 is 6.03 Å². The lowest BCUT2D eigenvalue weighted by atomic mass is 9.71. The fourth-order valence-electron chi connectivity index (χ4n) is 3.93. The first-order valence-electron chi connectivity index (χ1n) is 8.93. The van der Waals surface area contributed by atoms with E-state index in [2.05, 4.69) is 5.32 Å². The van der Waals surface area contributed by atoms with Crippen molar-refractivity contribution in [3.05, 3.63) is 29.6 Å². The molecule has 0 saturated carbocycles. The van der Waals surface area contributed by atoms with Gasteiger partial charge in [0.2, 0.25) is 5.91 Å². The van der Waals surface area contributed by atoms with Crippen LogP contribution in [0.2, 0.25) is 0 Å². The van der Waals surface area contributed by atoms with Gasteiger partial charge in [-0.1, -0.05) is 6.07 Å². The summed E-state index contributed by atoms with van der Waals surface area (Å²) in [5, 5.41) is 2.75. The molecule has 6 nitrogen and oxygen atoms in total. The van der Waals surface area contributed by atoms with E-state index in [-0.39, 0.29) is 29.1 Å². The van der Waals surface area contributed by atoms with Crippen LogP contribution >= 0.6 is 0 Å². The molecule has 1 spiro atoms. The van der Waals surface area contributed by atoms with E-state index < -0.39 is 0 Å². The number of anilines is 1. The lowest BCUT2D eigenvalue weighted by Gasteiger charge is -2.37. The summed E-state index contributed by atoms with van der Waals surface area (Å²) in [4.78, 5) is 28.7. The van der Waals surface area contributed by atoms with E-state index >= 15 is 0 Å². The molecule has 2 heterocycles. The zero-order chi connectivity index (χ0) is 18.9. The Balaban J connectivity index is 1.76. The molecule has 1 N–H and O–H groups in total. The average Bonchev–Trinajstić information content (AvgIpc) is 2.97. The second-order valence-electron chi connectivity index (χ2n) is 7.53. The number of halogens is 1. The monoisotopic (exact) mass is 363 g/mol. The van der Waals surface area contributed by atoms with Gasteiger partial charge in [-0.15, -0.1) is 0 Å². The van der Waals surface area contributed by atoms with Crippen molar-refractivity contribution in [2.45, 2.75) is 19.8 Å². The Hall–Kier alpha value is -2.15. The Morgan fingerprint density at radius 1 is 1.31 bits per heavy atom. The number of amides is 3. The first kappa shape index (κ1) is 18.6. The quantitative estimate of drug-likeness (QED) is 0.878. The molecular formula is C19H26FN3O3. The molecule has 2 saturated heterocycles. The summed E-state index contributed by atoms with van der Waals surface area (Å²) in [7, 11) is 3.49. The Morgan fingerprint density at radius 2 is 2.00 bits per heavy atom. The van der Waals surface area contributed by atoms with Crippen LogP contribution in [-0.2, 0) is 9.53 Å². The number of nitrogens with zero attached hydrogens (tertiary/aromatic N) is 2. The Kier molecular flexibility index (Phi) is 5.18. The topological polar surface area (TPSA) is 61.9 Å². The number of hydrogen-bond acceptors (Lipinski definition) is 3. The van der Waals surface area contributed by atoms with Gasteiger partial charge in [-0.25, -0.2) is 9.18 Å². The van der Waals surface area contributed by atoms with Gasteiger partial charge in [-0.05, 0) is 37.5 Å². The molecular weight excluding hydrogens is 337 g/mol. The maximum Gasteiger partial charge on any atom is 0.321 e. The normalized spacial score (nSPS) is 21.7. The number of ether oxygens (including phenoxy) is 1. The minimum absolute atomic E-state index is 0.0450.